The van der Waals surface area contributed by atoms with Gasteiger partial charge in [-0.3, -0.25) is 0 Å². The van der Waals surface area contributed by atoms with E-state index in [1.54, 1.807) is 0 Å². The number of rotatable bonds is 4. The Morgan fingerprint density at radius 3 is 2.33 bits per heavy atom. The number of ether oxygens (including phenoxy) is 3. The summed E-state index contributed by atoms with van der Waals surface area (Å²) in [6.45, 7) is 9.11. The standard InChI is InChI=1S/C15H22O3/c1-14(2)13(17-15(3,4)18-14)11-16-10-12-8-6-5-7-9-12/h5-9,13H,10-11H2,1-4H3. The average molecular weight is 250 g/mol. The highest BCUT2D eigenvalue weighted by atomic mass is 16.8. The van der Waals surface area contributed by atoms with Crippen LogP contribution in [0, 0.1) is 0 Å². The highest BCUT2D eigenvalue weighted by Crippen LogP contribution is 2.36. The molecule has 1 aliphatic heterocycles. The first-order valence-corrected chi connectivity index (χ1v) is 6.39. The van der Waals surface area contributed by atoms with Gasteiger partial charge in [-0.25, -0.2) is 0 Å². The number of hydrogen-bond donors (Lipinski definition) is 0. The van der Waals surface area contributed by atoms with Crippen molar-refractivity contribution in [3.05, 3.63) is 35.9 Å². The molecule has 0 radical (unpaired) electrons. The van der Waals surface area contributed by atoms with Gasteiger partial charge in [0.2, 0.25) is 0 Å². The summed E-state index contributed by atoms with van der Waals surface area (Å²) in [6, 6.07) is 10.1. The van der Waals surface area contributed by atoms with Crippen LogP contribution in [0.2, 0.25) is 0 Å². The Kier molecular flexibility index (Phi) is 3.76. The van der Waals surface area contributed by atoms with Gasteiger partial charge in [-0.2, -0.15) is 0 Å². The summed E-state index contributed by atoms with van der Waals surface area (Å²) in [5.41, 5.74) is 0.869. The molecule has 0 amide bonds. The van der Waals surface area contributed by atoms with Crippen molar-refractivity contribution in [1.82, 2.24) is 0 Å². The summed E-state index contributed by atoms with van der Waals surface area (Å²) in [5.74, 6) is -0.524. The summed E-state index contributed by atoms with van der Waals surface area (Å²) in [4.78, 5) is 0. The highest BCUT2D eigenvalue weighted by molar-refractivity contribution is 5.13. The lowest BCUT2D eigenvalue weighted by Crippen LogP contribution is -2.36. The maximum atomic E-state index is 5.85. The smallest absolute Gasteiger partial charge is 0.164 e. The molecule has 2 rings (SSSR count). The lowest BCUT2D eigenvalue weighted by atomic mass is 10.0. The molecular weight excluding hydrogens is 228 g/mol. The van der Waals surface area contributed by atoms with Gasteiger partial charge >= 0.3 is 0 Å². The van der Waals surface area contributed by atoms with Crippen LogP contribution in [0.3, 0.4) is 0 Å². The summed E-state index contributed by atoms with van der Waals surface area (Å²) in [5, 5.41) is 0. The van der Waals surface area contributed by atoms with E-state index in [2.05, 4.69) is 12.1 Å². The maximum Gasteiger partial charge on any atom is 0.164 e. The topological polar surface area (TPSA) is 27.7 Å². The molecule has 3 heteroatoms. The van der Waals surface area contributed by atoms with Crippen molar-refractivity contribution < 1.29 is 14.2 Å². The van der Waals surface area contributed by atoms with Gasteiger partial charge in [-0.1, -0.05) is 30.3 Å². The molecule has 0 spiro atoms. The first-order valence-electron chi connectivity index (χ1n) is 6.39. The van der Waals surface area contributed by atoms with Crippen molar-refractivity contribution in [1.29, 1.82) is 0 Å². The second-order valence-electron chi connectivity index (χ2n) is 5.71. The normalized spacial score (nSPS) is 25.2. The van der Waals surface area contributed by atoms with Gasteiger partial charge in [0, 0.05) is 0 Å². The Bertz CT molecular complexity index is 384. The van der Waals surface area contributed by atoms with Crippen LogP contribution < -0.4 is 0 Å². The fraction of sp³-hybridized carbons (Fsp3) is 0.600. The van der Waals surface area contributed by atoms with Crippen LogP contribution in [0.25, 0.3) is 0 Å². The molecule has 0 N–H and O–H groups in total. The third kappa shape index (κ3) is 3.31. The maximum absolute atomic E-state index is 5.85. The largest absolute Gasteiger partial charge is 0.374 e. The van der Waals surface area contributed by atoms with Gasteiger partial charge in [0.1, 0.15) is 6.10 Å². The fourth-order valence-corrected chi connectivity index (χ4v) is 2.30. The molecule has 1 aromatic rings. The minimum Gasteiger partial charge on any atom is -0.374 e. The van der Waals surface area contributed by atoms with Crippen molar-refractivity contribution in [3.8, 4) is 0 Å². The van der Waals surface area contributed by atoms with E-state index in [4.69, 9.17) is 14.2 Å². The van der Waals surface area contributed by atoms with Gasteiger partial charge in [0.25, 0.3) is 0 Å². The van der Waals surface area contributed by atoms with E-state index in [0.29, 0.717) is 13.2 Å². The van der Waals surface area contributed by atoms with E-state index in [1.165, 1.54) is 5.56 Å². The van der Waals surface area contributed by atoms with Crippen LogP contribution in [-0.4, -0.2) is 24.1 Å². The van der Waals surface area contributed by atoms with E-state index in [0.717, 1.165) is 0 Å². The van der Waals surface area contributed by atoms with Crippen LogP contribution >= 0.6 is 0 Å². The minimum atomic E-state index is -0.524. The summed E-state index contributed by atoms with van der Waals surface area (Å²) < 4.78 is 17.4. The van der Waals surface area contributed by atoms with Crippen molar-refractivity contribution in [2.24, 2.45) is 0 Å². The first-order chi connectivity index (χ1) is 8.39. The van der Waals surface area contributed by atoms with E-state index in [-0.39, 0.29) is 11.7 Å². The van der Waals surface area contributed by atoms with E-state index in [9.17, 15) is 0 Å². The van der Waals surface area contributed by atoms with Gasteiger partial charge in [0.05, 0.1) is 18.8 Å². The van der Waals surface area contributed by atoms with Crippen LogP contribution in [0.4, 0.5) is 0 Å². The molecule has 1 heterocycles. The molecule has 1 aliphatic rings. The number of benzene rings is 1. The zero-order valence-electron chi connectivity index (χ0n) is 11.6. The third-order valence-corrected chi connectivity index (χ3v) is 3.09. The van der Waals surface area contributed by atoms with Crippen LogP contribution in [-0.2, 0) is 20.8 Å². The average Bonchev–Trinajstić information content (AvgIpc) is 2.48. The Morgan fingerprint density at radius 1 is 1.11 bits per heavy atom. The molecule has 100 valence electrons. The third-order valence-electron chi connectivity index (χ3n) is 3.09. The summed E-state index contributed by atoms with van der Waals surface area (Å²) in [6.07, 6.45) is -0.0313. The van der Waals surface area contributed by atoms with Crippen LogP contribution in [0.1, 0.15) is 33.3 Å². The monoisotopic (exact) mass is 250 g/mol. The molecule has 1 unspecified atom stereocenters. The second-order valence-corrected chi connectivity index (χ2v) is 5.71. The Balaban J connectivity index is 1.84. The van der Waals surface area contributed by atoms with Crippen LogP contribution in [0.15, 0.2) is 30.3 Å². The molecular formula is C15H22O3. The first kappa shape index (κ1) is 13.5. The second kappa shape index (κ2) is 5.00. The predicted molar refractivity (Wildman–Crippen MR) is 70.2 cm³/mol. The highest BCUT2D eigenvalue weighted by Gasteiger charge is 2.46. The quantitative estimate of drug-likeness (QED) is 0.821. The van der Waals surface area contributed by atoms with Gasteiger partial charge in [-0.05, 0) is 33.3 Å². The fourth-order valence-electron chi connectivity index (χ4n) is 2.30. The van der Waals surface area contributed by atoms with Crippen molar-refractivity contribution in [2.75, 3.05) is 6.61 Å². The Morgan fingerprint density at radius 2 is 1.78 bits per heavy atom. The summed E-state index contributed by atoms with van der Waals surface area (Å²) >= 11 is 0. The molecule has 18 heavy (non-hydrogen) atoms. The van der Waals surface area contributed by atoms with Gasteiger partial charge < -0.3 is 14.2 Å². The Hall–Kier alpha value is -0.900. The molecule has 1 saturated heterocycles. The molecule has 1 atom stereocenters. The molecule has 0 saturated carbocycles. The molecule has 0 aromatic heterocycles. The van der Waals surface area contributed by atoms with E-state index >= 15 is 0 Å². The zero-order chi connectivity index (χ0) is 13.2. The molecule has 0 aliphatic carbocycles. The van der Waals surface area contributed by atoms with E-state index < -0.39 is 5.79 Å². The Labute approximate surface area is 109 Å². The molecule has 1 fully saturated rings. The van der Waals surface area contributed by atoms with Gasteiger partial charge in [-0.15, -0.1) is 0 Å². The zero-order valence-corrected chi connectivity index (χ0v) is 11.6. The predicted octanol–water partition coefficient (Wildman–Crippen LogP) is 3.13. The molecule has 3 nitrogen and oxygen atoms in total. The summed E-state index contributed by atoms with van der Waals surface area (Å²) in [7, 11) is 0. The van der Waals surface area contributed by atoms with Crippen molar-refractivity contribution in [2.45, 2.75) is 51.8 Å². The minimum absolute atomic E-state index is 0.0313. The lowest BCUT2D eigenvalue weighted by Gasteiger charge is -2.23. The molecule has 0 bridgehead atoms. The molecule has 1 aromatic carbocycles. The lowest BCUT2D eigenvalue weighted by molar-refractivity contribution is -0.159. The van der Waals surface area contributed by atoms with Crippen molar-refractivity contribution >= 4 is 0 Å². The number of hydrogen-bond acceptors (Lipinski definition) is 3. The van der Waals surface area contributed by atoms with Crippen LogP contribution in [0.5, 0.6) is 0 Å². The SMILES string of the molecule is CC1(C)OC(COCc2ccccc2)C(C)(C)O1. The van der Waals surface area contributed by atoms with Gasteiger partial charge in [0.15, 0.2) is 5.79 Å². The van der Waals surface area contributed by atoms with E-state index in [1.807, 2.05) is 45.9 Å². The van der Waals surface area contributed by atoms with Crippen molar-refractivity contribution in [3.63, 3.8) is 0 Å².